The molecule has 0 aliphatic rings. The zero-order chi connectivity index (χ0) is 12.2. The Kier molecular flexibility index (Phi) is 5.09. The molecule has 2 nitrogen and oxygen atoms in total. The fraction of sp³-hybridized carbons (Fsp3) is 0.500. The minimum atomic E-state index is -0.0238. The summed E-state index contributed by atoms with van der Waals surface area (Å²) in [5, 5.41) is 3.15. The number of benzene rings is 1. The van der Waals surface area contributed by atoms with E-state index in [1.54, 1.807) is 7.11 Å². The largest absolute Gasteiger partial charge is 0.496 e. The van der Waals surface area contributed by atoms with Gasteiger partial charge in [0.1, 0.15) is 5.75 Å². The van der Waals surface area contributed by atoms with Gasteiger partial charge in [-0.1, -0.05) is 29.8 Å². The third kappa shape index (κ3) is 3.37. The molecule has 0 aliphatic carbocycles. The van der Waals surface area contributed by atoms with Crippen molar-refractivity contribution in [3.8, 4) is 5.75 Å². The van der Waals surface area contributed by atoms with Gasteiger partial charge < -0.3 is 10.1 Å². The average Bonchev–Trinajstić information content (AvgIpc) is 2.26. The molecule has 0 bridgehead atoms. The van der Waals surface area contributed by atoms with Gasteiger partial charge in [0.05, 0.1) is 13.1 Å². The molecule has 0 aliphatic heterocycles. The third-order valence-electron chi connectivity index (χ3n) is 2.55. The van der Waals surface area contributed by atoms with Gasteiger partial charge in [0, 0.05) is 22.0 Å². The first-order valence-corrected chi connectivity index (χ1v) is 6.44. The molecule has 1 rings (SSSR count). The molecule has 1 N–H and O–H groups in total. The normalized spacial score (nSPS) is 11.6. The molecule has 0 fully saturated rings. The van der Waals surface area contributed by atoms with E-state index in [4.69, 9.17) is 16.3 Å². The highest BCUT2D eigenvalue weighted by atomic mass is 79.9. The molecule has 1 aromatic rings. The average molecular weight is 307 g/mol. The Labute approximate surface area is 110 Å². The van der Waals surface area contributed by atoms with E-state index >= 15 is 0 Å². The number of ether oxygens (including phenoxy) is 1. The monoisotopic (exact) mass is 305 g/mol. The summed E-state index contributed by atoms with van der Waals surface area (Å²) in [6, 6.07) is 6.50. The maximum Gasteiger partial charge on any atom is 0.122 e. The third-order valence-corrected chi connectivity index (χ3v) is 3.23. The van der Waals surface area contributed by atoms with Crippen LogP contribution in [0.15, 0.2) is 22.7 Å². The number of methoxy groups -OCH3 is 1. The van der Waals surface area contributed by atoms with Gasteiger partial charge in [-0.2, -0.15) is 0 Å². The second-order valence-corrected chi connectivity index (χ2v) is 5.47. The Morgan fingerprint density at radius 2 is 2.12 bits per heavy atom. The molecule has 0 saturated heterocycles. The van der Waals surface area contributed by atoms with E-state index in [1.807, 2.05) is 12.1 Å². The highest BCUT2D eigenvalue weighted by Crippen LogP contribution is 2.33. The number of alkyl halides is 1. The van der Waals surface area contributed by atoms with E-state index in [-0.39, 0.29) is 5.41 Å². The van der Waals surface area contributed by atoms with Crippen LogP contribution in [-0.4, -0.2) is 19.7 Å². The Hall–Kier alpha value is -0.250. The topological polar surface area (TPSA) is 21.3 Å². The molecular formula is C12H17BrClNO. The van der Waals surface area contributed by atoms with Crippen molar-refractivity contribution in [1.29, 1.82) is 0 Å². The van der Waals surface area contributed by atoms with Crippen LogP contribution in [0.25, 0.3) is 0 Å². The summed E-state index contributed by atoms with van der Waals surface area (Å²) in [5.41, 5.74) is 1.14. The summed E-state index contributed by atoms with van der Waals surface area (Å²) >= 11 is 9.13. The summed E-state index contributed by atoms with van der Waals surface area (Å²) in [5.74, 6) is 0.907. The van der Waals surface area contributed by atoms with E-state index < -0.39 is 0 Å². The highest BCUT2D eigenvalue weighted by Gasteiger charge is 2.24. The molecule has 90 valence electrons. The first-order chi connectivity index (χ1) is 7.51. The van der Waals surface area contributed by atoms with Gasteiger partial charge in [-0.25, -0.2) is 0 Å². The number of rotatable bonds is 5. The summed E-state index contributed by atoms with van der Waals surface area (Å²) in [7, 11) is 1.69. The van der Waals surface area contributed by atoms with Gasteiger partial charge in [0.2, 0.25) is 0 Å². The molecule has 0 amide bonds. The zero-order valence-corrected chi connectivity index (χ0v) is 12.2. The van der Waals surface area contributed by atoms with Crippen molar-refractivity contribution >= 4 is 27.5 Å². The quantitative estimate of drug-likeness (QED) is 0.664. The van der Waals surface area contributed by atoms with Crippen LogP contribution in [0.2, 0.25) is 0 Å². The number of hydrogen-bond acceptors (Lipinski definition) is 2. The maximum absolute atomic E-state index is 5.65. The van der Waals surface area contributed by atoms with Crippen LogP contribution in [0, 0.1) is 0 Å². The van der Waals surface area contributed by atoms with E-state index in [0.29, 0.717) is 6.00 Å². The van der Waals surface area contributed by atoms with Crippen molar-refractivity contribution in [1.82, 2.24) is 5.32 Å². The van der Waals surface area contributed by atoms with Crippen LogP contribution in [0.3, 0.4) is 0 Å². The lowest BCUT2D eigenvalue weighted by molar-refractivity contribution is 0.388. The zero-order valence-electron chi connectivity index (χ0n) is 9.81. The molecule has 0 spiro atoms. The number of nitrogens with one attached hydrogen (secondary N) is 1. The fourth-order valence-corrected chi connectivity index (χ4v) is 2.12. The Balaban J connectivity index is 3.04. The molecule has 0 heterocycles. The Morgan fingerprint density at radius 3 is 2.69 bits per heavy atom. The maximum atomic E-state index is 5.65. The second kappa shape index (κ2) is 5.89. The van der Waals surface area contributed by atoms with Crippen molar-refractivity contribution in [2.24, 2.45) is 0 Å². The predicted octanol–water partition coefficient (Wildman–Crippen LogP) is 3.52. The van der Waals surface area contributed by atoms with Crippen molar-refractivity contribution < 1.29 is 4.74 Å². The Morgan fingerprint density at radius 1 is 1.44 bits per heavy atom. The highest BCUT2D eigenvalue weighted by molar-refractivity contribution is 9.10. The molecule has 0 aromatic heterocycles. The van der Waals surface area contributed by atoms with E-state index in [0.717, 1.165) is 16.8 Å². The SMILES string of the molecule is COc1ccc(Br)cc1C(C)(C)CNCCl. The molecule has 4 heteroatoms. The fourth-order valence-electron chi connectivity index (χ4n) is 1.66. The summed E-state index contributed by atoms with van der Waals surface area (Å²) in [6.45, 7) is 5.14. The molecular weight excluding hydrogens is 289 g/mol. The van der Waals surface area contributed by atoms with Crippen molar-refractivity contribution in [3.63, 3.8) is 0 Å². The minimum absolute atomic E-state index is 0.0238. The summed E-state index contributed by atoms with van der Waals surface area (Å²) in [4.78, 5) is 0. The van der Waals surface area contributed by atoms with Crippen molar-refractivity contribution in [2.45, 2.75) is 19.3 Å². The van der Waals surface area contributed by atoms with Gasteiger partial charge in [-0.05, 0) is 18.2 Å². The van der Waals surface area contributed by atoms with Crippen LogP contribution in [0.4, 0.5) is 0 Å². The van der Waals surface area contributed by atoms with Crippen LogP contribution in [-0.2, 0) is 5.41 Å². The molecule has 16 heavy (non-hydrogen) atoms. The van der Waals surface area contributed by atoms with E-state index in [1.165, 1.54) is 5.56 Å². The molecule has 1 aromatic carbocycles. The van der Waals surface area contributed by atoms with Crippen LogP contribution in [0.1, 0.15) is 19.4 Å². The lowest BCUT2D eigenvalue weighted by Crippen LogP contribution is -2.32. The van der Waals surface area contributed by atoms with Gasteiger partial charge in [-0.15, -0.1) is 11.6 Å². The number of hydrogen-bond donors (Lipinski definition) is 1. The molecule has 0 unspecified atom stereocenters. The van der Waals surface area contributed by atoms with E-state index in [2.05, 4.69) is 41.2 Å². The van der Waals surface area contributed by atoms with Gasteiger partial charge >= 0.3 is 0 Å². The first-order valence-electron chi connectivity index (χ1n) is 5.12. The van der Waals surface area contributed by atoms with Crippen molar-refractivity contribution in [2.75, 3.05) is 19.7 Å². The minimum Gasteiger partial charge on any atom is -0.496 e. The van der Waals surface area contributed by atoms with E-state index in [9.17, 15) is 0 Å². The summed E-state index contributed by atoms with van der Waals surface area (Å²) in [6.07, 6.45) is 0. The first kappa shape index (κ1) is 13.8. The van der Waals surface area contributed by atoms with Crippen LogP contribution < -0.4 is 10.1 Å². The van der Waals surface area contributed by atoms with Crippen LogP contribution >= 0.6 is 27.5 Å². The van der Waals surface area contributed by atoms with Gasteiger partial charge in [0.15, 0.2) is 0 Å². The standard InChI is InChI=1S/C12H17BrClNO/c1-12(2,7-15-8-14)10-6-9(13)4-5-11(10)16-3/h4-6,15H,7-8H2,1-3H3. The molecule has 0 atom stereocenters. The smallest absolute Gasteiger partial charge is 0.122 e. The lowest BCUT2D eigenvalue weighted by Gasteiger charge is -2.27. The second-order valence-electron chi connectivity index (χ2n) is 4.29. The van der Waals surface area contributed by atoms with Crippen molar-refractivity contribution in [3.05, 3.63) is 28.2 Å². The van der Waals surface area contributed by atoms with Crippen LogP contribution in [0.5, 0.6) is 5.75 Å². The molecule has 0 saturated carbocycles. The lowest BCUT2D eigenvalue weighted by atomic mass is 9.84. The predicted molar refractivity (Wildman–Crippen MR) is 72.4 cm³/mol. The molecule has 0 radical (unpaired) electrons. The Bertz CT molecular complexity index is 355. The summed E-state index contributed by atoms with van der Waals surface area (Å²) < 4.78 is 6.44. The number of halogens is 2. The van der Waals surface area contributed by atoms with Gasteiger partial charge in [0.25, 0.3) is 0 Å². The van der Waals surface area contributed by atoms with Gasteiger partial charge in [-0.3, -0.25) is 0 Å².